The number of likely N-dealkylation sites (tertiary alicyclic amines) is 1. The number of carbonyl (C=O) groups excluding carboxylic acids is 2. The standard InChI is InChI=1S/C32H37N3O4/c1-22-20-25(14-17-27(22)39-21-23-10-7-6-8-11-23)30(36)28-29(24-12-15-26(16-13-24)34(4)5)35(32(38)31(28)37)19-9-18-33(2)3/h6-8,10-17,20,29,36H,9,18-19,21H2,1-5H3/b30-28-. The van der Waals surface area contributed by atoms with Gasteiger partial charge < -0.3 is 24.5 Å². The lowest BCUT2D eigenvalue weighted by Crippen LogP contribution is -2.32. The van der Waals surface area contributed by atoms with Crippen molar-refractivity contribution in [1.82, 2.24) is 9.80 Å². The van der Waals surface area contributed by atoms with Gasteiger partial charge in [0.1, 0.15) is 18.1 Å². The Morgan fingerprint density at radius 2 is 1.64 bits per heavy atom. The van der Waals surface area contributed by atoms with Crippen molar-refractivity contribution >= 4 is 23.1 Å². The van der Waals surface area contributed by atoms with Crippen LogP contribution in [0.4, 0.5) is 5.69 Å². The summed E-state index contributed by atoms with van der Waals surface area (Å²) in [4.78, 5) is 32.2. The first-order chi connectivity index (χ1) is 18.7. The highest BCUT2D eigenvalue weighted by molar-refractivity contribution is 6.46. The first-order valence-corrected chi connectivity index (χ1v) is 13.2. The Kier molecular flexibility index (Phi) is 8.72. The van der Waals surface area contributed by atoms with Crippen molar-refractivity contribution in [1.29, 1.82) is 0 Å². The molecular weight excluding hydrogens is 490 g/mol. The quantitative estimate of drug-likeness (QED) is 0.227. The fourth-order valence-electron chi connectivity index (χ4n) is 4.82. The number of rotatable bonds is 10. The number of aryl methyl sites for hydroxylation is 1. The summed E-state index contributed by atoms with van der Waals surface area (Å²) in [5, 5.41) is 11.5. The summed E-state index contributed by atoms with van der Waals surface area (Å²) in [6.07, 6.45) is 0.707. The number of ether oxygens (including phenoxy) is 1. The van der Waals surface area contributed by atoms with Gasteiger partial charge in [-0.25, -0.2) is 0 Å². The van der Waals surface area contributed by atoms with E-state index in [0.29, 0.717) is 30.9 Å². The highest BCUT2D eigenvalue weighted by Crippen LogP contribution is 2.40. The molecule has 1 amide bonds. The van der Waals surface area contributed by atoms with E-state index in [1.807, 2.05) is 99.5 Å². The van der Waals surface area contributed by atoms with Crippen LogP contribution in [0.5, 0.6) is 5.75 Å². The average Bonchev–Trinajstić information content (AvgIpc) is 3.17. The summed E-state index contributed by atoms with van der Waals surface area (Å²) in [5.41, 5.74) is 4.25. The Morgan fingerprint density at radius 1 is 0.949 bits per heavy atom. The van der Waals surface area contributed by atoms with E-state index in [1.165, 1.54) is 0 Å². The van der Waals surface area contributed by atoms with Crippen molar-refractivity contribution in [3.8, 4) is 5.75 Å². The molecule has 3 aromatic rings. The maximum Gasteiger partial charge on any atom is 0.295 e. The molecule has 7 nitrogen and oxygen atoms in total. The van der Waals surface area contributed by atoms with Crippen molar-refractivity contribution in [2.24, 2.45) is 0 Å². The molecule has 1 unspecified atom stereocenters. The first kappa shape index (κ1) is 27.9. The molecule has 39 heavy (non-hydrogen) atoms. The van der Waals surface area contributed by atoms with Gasteiger partial charge in [-0.05, 0) is 81.0 Å². The highest BCUT2D eigenvalue weighted by atomic mass is 16.5. The minimum atomic E-state index is -0.669. The Morgan fingerprint density at radius 3 is 2.26 bits per heavy atom. The molecule has 4 rings (SSSR count). The van der Waals surface area contributed by atoms with Crippen LogP contribution in [0.1, 0.15) is 34.7 Å². The van der Waals surface area contributed by atoms with Crippen LogP contribution in [-0.2, 0) is 16.2 Å². The van der Waals surface area contributed by atoms with Crippen LogP contribution in [-0.4, -0.2) is 67.9 Å². The van der Waals surface area contributed by atoms with Crippen LogP contribution in [0.15, 0.2) is 78.4 Å². The van der Waals surface area contributed by atoms with Crippen molar-refractivity contribution in [3.05, 3.63) is 101 Å². The minimum absolute atomic E-state index is 0.111. The van der Waals surface area contributed by atoms with Gasteiger partial charge >= 0.3 is 0 Å². The van der Waals surface area contributed by atoms with E-state index in [4.69, 9.17) is 4.74 Å². The number of benzene rings is 3. The molecule has 204 valence electrons. The van der Waals surface area contributed by atoms with Gasteiger partial charge in [0.2, 0.25) is 0 Å². The zero-order chi connectivity index (χ0) is 28.1. The second kappa shape index (κ2) is 12.2. The predicted molar refractivity (Wildman–Crippen MR) is 155 cm³/mol. The van der Waals surface area contributed by atoms with Gasteiger partial charge in [0.25, 0.3) is 11.7 Å². The SMILES string of the molecule is Cc1cc(/C(O)=C2/C(=O)C(=O)N(CCCN(C)C)C2c2ccc(N(C)C)cc2)ccc1OCc1ccccc1. The summed E-state index contributed by atoms with van der Waals surface area (Å²) in [7, 11) is 7.86. The summed E-state index contributed by atoms with van der Waals surface area (Å²) >= 11 is 0. The summed E-state index contributed by atoms with van der Waals surface area (Å²) in [5.74, 6) is -0.740. The van der Waals surface area contributed by atoms with Gasteiger partial charge in [-0.2, -0.15) is 0 Å². The maximum atomic E-state index is 13.3. The molecular formula is C32H37N3O4. The van der Waals surface area contributed by atoms with Crippen LogP contribution < -0.4 is 9.64 Å². The summed E-state index contributed by atoms with van der Waals surface area (Å²) in [6.45, 7) is 3.51. The molecule has 1 aliphatic heterocycles. The number of aliphatic hydroxyl groups excluding tert-OH is 1. The van der Waals surface area contributed by atoms with Gasteiger partial charge in [0, 0.05) is 31.9 Å². The Balaban J connectivity index is 1.69. The topological polar surface area (TPSA) is 73.3 Å². The van der Waals surface area contributed by atoms with E-state index < -0.39 is 17.7 Å². The van der Waals surface area contributed by atoms with Crippen molar-refractivity contribution in [3.63, 3.8) is 0 Å². The van der Waals surface area contributed by atoms with Crippen molar-refractivity contribution < 1.29 is 19.4 Å². The van der Waals surface area contributed by atoms with Crippen LogP contribution in [0.3, 0.4) is 0 Å². The lowest BCUT2D eigenvalue weighted by Gasteiger charge is -2.26. The van der Waals surface area contributed by atoms with E-state index in [-0.39, 0.29) is 11.3 Å². The molecule has 0 aliphatic carbocycles. The molecule has 3 aromatic carbocycles. The smallest absolute Gasteiger partial charge is 0.295 e. The number of Topliss-reactive ketones (excluding diaryl/α,β-unsaturated/α-hetero) is 1. The summed E-state index contributed by atoms with van der Waals surface area (Å²) < 4.78 is 5.99. The van der Waals surface area contributed by atoms with Crippen LogP contribution in [0.25, 0.3) is 5.76 Å². The molecule has 1 N–H and O–H groups in total. The van der Waals surface area contributed by atoms with Crippen molar-refractivity contribution in [2.75, 3.05) is 46.2 Å². The predicted octanol–water partition coefficient (Wildman–Crippen LogP) is 5.01. The third-order valence-electron chi connectivity index (χ3n) is 6.96. The van der Waals surface area contributed by atoms with Crippen LogP contribution in [0.2, 0.25) is 0 Å². The number of nitrogens with zero attached hydrogens (tertiary/aromatic N) is 3. The average molecular weight is 528 g/mol. The molecule has 0 spiro atoms. The fourth-order valence-corrected chi connectivity index (χ4v) is 4.82. The Hall–Kier alpha value is -4.10. The molecule has 0 bridgehead atoms. The van der Waals surface area contributed by atoms with E-state index >= 15 is 0 Å². The number of hydrogen-bond acceptors (Lipinski definition) is 6. The van der Waals surface area contributed by atoms with Gasteiger partial charge in [0.05, 0.1) is 11.6 Å². The minimum Gasteiger partial charge on any atom is -0.507 e. The molecule has 7 heteroatoms. The van der Waals surface area contributed by atoms with Crippen LogP contribution >= 0.6 is 0 Å². The second-order valence-corrected chi connectivity index (χ2v) is 10.4. The zero-order valence-corrected chi connectivity index (χ0v) is 23.3. The molecule has 0 saturated carbocycles. The molecule has 1 fully saturated rings. The Labute approximate surface area is 230 Å². The molecule has 0 radical (unpaired) electrons. The largest absolute Gasteiger partial charge is 0.507 e. The number of anilines is 1. The number of hydrogen-bond donors (Lipinski definition) is 1. The molecule has 0 aromatic heterocycles. The van der Waals surface area contributed by atoms with Crippen molar-refractivity contribution in [2.45, 2.75) is 26.0 Å². The van der Waals surface area contributed by atoms with E-state index in [2.05, 4.69) is 0 Å². The molecule has 1 aliphatic rings. The Bertz CT molecular complexity index is 1350. The second-order valence-electron chi connectivity index (χ2n) is 10.4. The molecule has 1 saturated heterocycles. The van der Waals surface area contributed by atoms with E-state index in [9.17, 15) is 14.7 Å². The molecule has 1 atom stereocenters. The number of carbonyl (C=O) groups is 2. The monoisotopic (exact) mass is 527 g/mol. The lowest BCUT2D eigenvalue weighted by molar-refractivity contribution is -0.139. The molecule has 1 heterocycles. The normalized spacial score (nSPS) is 16.7. The third-order valence-corrected chi connectivity index (χ3v) is 6.96. The highest BCUT2D eigenvalue weighted by Gasteiger charge is 2.45. The van der Waals surface area contributed by atoms with Gasteiger partial charge in [-0.15, -0.1) is 0 Å². The van der Waals surface area contributed by atoms with Gasteiger partial charge in [-0.1, -0.05) is 42.5 Å². The first-order valence-electron chi connectivity index (χ1n) is 13.2. The van der Waals surface area contributed by atoms with Gasteiger partial charge in [0.15, 0.2) is 0 Å². The number of ketones is 1. The maximum absolute atomic E-state index is 13.3. The lowest BCUT2D eigenvalue weighted by atomic mass is 9.94. The van der Waals surface area contributed by atoms with Crippen LogP contribution in [0, 0.1) is 6.92 Å². The third kappa shape index (κ3) is 6.32. The van der Waals surface area contributed by atoms with Gasteiger partial charge in [-0.3, -0.25) is 9.59 Å². The fraction of sp³-hybridized carbons (Fsp3) is 0.312. The summed E-state index contributed by atoms with van der Waals surface area (Å²) in [6, 6.07) is 22.3. The number of aliphatic hydroxyl groups is 1. The number of amides is 1. The van der Waals surface area contributed by atoms with E-state index in [0.717, 1.165) is 28.9 Å². The zero-order valence-electron chi connectivity index (χ0n) is 23.3. The van der Waals surface area contributed by atoms with E-state index in [1.54, 1.807) is 23.1 Å².